The lowest BCUT2D eigenvalue weighted by atomic mass is 10.0. The zero-order valence-corrected chi connectivity index (χ0v) is 15.0. The number of piperazine rings is 1. The molecule has 0 aliphatic carbocycles. The van der Waals surface area contributed by atoms with Gasteiger partial charge in [0.25, 0.3) is 0 Å². The summed E-state index contributed by atoms with van der Waals surface area (Å²) in [5.41, 5.74) is 1.03. The summed E-state index contributed by atoms with van der Waals surface area (Å²) in [5.74, 6) is 0.312. The van der Waals surface area contributed by atoms with Crippen LogP contribution in [-0.4, -0.2) is 51.4 Å². The summed E-state index contributed by atoms with van der Waals surface area (Å²) in [7, 11) is -0.0479. The van der Waals surface area contributed by atoms with Crippen molar-refractivity contribution in [3.05, 3.63) is 59.9 Å². The molecule has 1 aliphatic heterocycles. The maximum atomic E-state index is 13.1. The van der Waals surface area contributed by atoms with E-state index in [0.29, 0.717) is 19.6 Å². The smallest absolute Gasteiger partial charge is 0.243 e. The van der Waals surface area contributed by atoms with Crippen LogP contribution in [0, 0.1) is 5.82 Å². The molecule has 1 atom stereocenters. The molecule has 0 amide bonds. The summed E-state index contributed by atoms with van der Waals surface area (Å²) in [6.45, 7) is 1.38. The first-order valence-electron chi connectivity index (χ1n) is 8.02. The molecule has 0 saturated carbocycles. The van der Waals surface area contributed by atoms with Crippen LogP contribution >= 0.6 is 0 Å². The lowest BCUT2D eigenvalue weighted by molar-refractivity contribution is 0.148. The van der Waals surface area contributed by atoms with Crippen LogP contribution in [0.3, 0.4) is 0 Å². The Morgan fingerprint density at radius 1 is 1.04 bits per heavy atom. The molecule has 134 valence electrons. The van der Waals surface area contributed by atoms with Crippen LogP contribution in [0.4, 0.5) is 4.39 Å². The molecule has 0 aromatic heterocycles. The van der Waals surface area contributed by atoms with Crippen molar-refractivity contribution in [2.75, 3.05) is 33.8 Å². The standard InChI is InChI=1S/C18H21FN2O3S/c1-20-11-12-21(25(22,23)17-9-5-15(19)6-10-17)13-18(20)14-3-7-16(24-2)8-4-14/h3-10,18H,11-13H2,1-2H3/t18-/m1/s1. The first-order chi connectivity index (χ1) is 11.9. The van der Waals surface area contributed by atoms with Gasteiger partial charge in [0.15, 0.2) is 0 Å². The molecular formula is C18H21FN2O3S. The van der Waals surface area contributed by atoms with Gasteiger partial charge in [-0.05, 0) is 49.0 Å². The molecule has 3 rings (SSSR count). The number of hydrogen-bond acceptors (Lipinski definition) is 4. The largest absolute Gasteiger partial charge is 0.497 e. The van der Waals surface area contributed by atoms with Crippen molar-refractivity contribution in [2.45, 2.75) is 10.9 Å². The maximum Gasteiger partial charge on any atom is 0.243 e. The van der Waals surface area contributed by atoms with Crippen LogP contribution in [0.1, 0.15) is 11.6 Å². The number of benzene rings is 2. The van der Waals surface area contributed by atoms with Gasteiger partial charge >= 0.3 is 0 Å². The highest BCUT2D eigenvalue weighted by Crippen LogP contribution is 2.29. The second-order valence-corrected chi connectivity index (χ2v) is 8.02. The number of halogens is 1. The summed E-state index contributed by atoms with van der Waals surface area (Å²) in [6.07, 6.45) is 0. The van der Waals surface area contributed by atoms with E-state index < -0.39 is 15.8 Å². The number of methoxy groups -OCH3 is 1. The van der Waals surface area contributed by atoms with Crippen LogP contribution in [0.5, 0.6) is 5.75 Å². The van der Waals surface area contributed by atoms with Gasteiger partial charge in [-0.1, -0.05) is 12.1 Å². The second-order valence-electron chi connectivity index (χ2n) is 6.09. The third-order valence-corrected chi connectivity index (χ3v) is 6.44. The SMILES string of the molecule is COc1ccc([C@H]2CN(S(=O)(=O)c3ccc(F)cc3)CCN2C)cc1. The molecule has 0 bridgehead atoms. The summed E-state index contributed by atoms with van der Waals surface area (Å²) in [6, 6.07) is 12.6. The molecular weight excluding hydrogens is 343 g/mol. The Bertz CT molecular complexity index is 822. The zero-order valence-electron chi connectivity index (χ0n) is 14.2. The van der Waals surface area contributed by atoms with E-state index in [4.69, 9.17) is 4.74 Å². The second kappa shape index (κ2) is 7.11. The molecule has 0 radical (unpaired) electrons. The van der Waals surface area contributed by atoms with E-state index in [9.17, 15) is 12.8 Å². The Balaban J connectivity index is 1.85. The Morgan fingerprint density at radius 3 is 2.28 bits per heavy atom. The van der Waals surface area contributed by atoms with Crippen molar-refractivity contribution in [1.82, 2.24) is 9.21 Å². The average Bonchev–Trinajstić information content (AvgIpc) is 2.62. The van der Waals surface area contributed by atoms with Crippen molar-refractivity contribution in [3.63, 3.8) is 0 Å². The predicted octanol–water partition coefficient (Wildman–Crippen LogP) is 2.51. The van der Waals surface area contributed by atoms with Gasteiger partial charge in [-0.25, -0.2) is 12.8 Å². The predicted molar refractivity (Wildman–Crippen MR) is 93.5 cm³/mol. The van der Waals surface area contributed by atoms with Crippen molar-refractivity contribution in [2.24, 2.45) is 0 Å². The van der Waals surface area contributed by atoms with E-state index in [-0.39, 0.29) is 10.9 Å². The van der Waals surface area contributed by atoms with Gasteiger partial charge in [-0.2, -0.15) is 4.31 Å². The van der Waals surface area contributed by atoms with E-state index in [0.717, 1.165) is 11.3 Å². The molecule has 1 aliphatic rings. The van der Waals surface area contributed by atoms with Crippen LogP contribution in [0.2, 0.25) is 0 Å². The van der Waals surface area contributed by atoms with Crippen molar-refractivity contribution < 1.29 is 17.5 Å². The Labute approximate surface area is 147 Å². The van der Waals surface area contributed by atoms with Gasteiger partial charge in [-0.3, -0.25) is 4.90 Å². The van der Waals surface area contributed by atoms with Gasteiger partial charge < -0.3 is 4.74 Å². The summed E-state index contributed by atoms with van der Waals surface area (Å²) in [5, 5.41) is 0. The Kier molecular flexibility index (Phi) is 5.08. The van der Waals surface area contributed by atoms with Crippen molar-refractivity contribution in [1.29, 1.82) is 0 Å². The van der Waals surface area contributed by atoms with E-state index in [2.05, 4.69) is 4.90 Å². The molecule has 0 unspecified atom stereocenters. The lowest BCUT2D eigenvalue weighted by Crippen LogP contribution is -2.48. The monoisotopic (exact) mass is 364 g/mol. The molecule has 7 heteroatoms. The van der Waals surface area contributed by atoms with Crippen LogP contribution in [0.25, 0.3) is 0 Å². The third kappa shape index (κ3) is 3.68. The van der Waals surface area contributed by atoms with Gasteiger partial charge in [0.1, 0.15) is 11.6 Å². The lowest BCUT2D eigenvalue weighted by Gasteiger charge is -2.39. The highest BCUT2D eigenvalue weighted by Gasteiger charge is 2.33. The average molecular weight is 364 g/mol. The first kappa shape index (κ1) is 17.8. The number of hydrogen-bond donors (Lipinski definition) is 0. The minimum absolute atomic E-state index is 0.0464. The number of nitrogens with zero attached hydrogens (tertiary/aromatic N) is 2. The van der Waals surface area contributed by atoms with Gasteiger partial charge in [0.2, 0.25) is 10.0 Å². The minimum atomic E-state index is -3.64. The van der Waals surface area contributed by atoms with Gasteiger partial charge in [0.05, 0.1) is 12.0 Å². The topological polar surface area (TPSA) is 49.9 Å². The third-order valence-electron chi connectivity index (χ3n) is 4.56. The number of ether oxygens (including phenoxy) is 1. The van der Waals surface area contributed by atoms with Crippen LogP contribution in [-0.2, 0) is 10.0 Å². The molecule has 2 aromatic carbocycles. The fraction of sp³-hybridized carbons (Fsp3) is 0.333. The fourth-order valence-corrected chi connectivity index (χ4v) is 4.45. The summed E-state index contributed by atoms with van der Waals surface area (Å²) >= 11 is 0. The minimum Gasteiger partial charge on any atom is -0.497 e. The Hall–Kier alpha value is -1.96. The van der Waals surface area contributed by atoms with Crippen molar-refractivity contribution in [3.8, 4) is 5.75 Å². The van der Waals surface area contributed by atoms with Gasteiger partial charge in [-0.15, -0.1) is 0 Å². The molecule has 5 nitrogen and oxygen atoms in total. The van der Waals surface area contributed by atoms with E-state index >= 15 is 0 Å². The van der Waals surface area contributed by atoms with E-state index in [1.807, 2.05) is 31.3 Å². The highest BCUT2D eigenvalue weighted by molar-refractivity contribution is 7.89. The summed E-state index contributed by atoms with van der Waals surface area (Å²) < 4.78 is 45.4. The highest BCUT2D eigenvalue weighted by atomic mass is 32.2. The fourth-order valence-electron chi connectivity index (χ4n) is 3.01. The van der Waals surface area contributed by atoms with Crippen LogP contribution in [0.15, 0.2) is 53.4 Å². The number of sulfonamides is 1. The van der Waals surface area contributed by atoms with Gasteiger partial charge in [0, 0.05) is 25.7 Å². The molecule has 1 heterocycles. The maximum absolute atomic E-state index is 13.1. The molecule has 25 heavy (non-hydrogen) atoms. The summed E-state index contributed by atoms with van der Waals surface area (Å²) in [4.78, 5) is 2.25. The Morgan fingerprint density at radius 2 is 1.68 bits per heavy atom. The van der Waals surface area contributed by atoms with E-state index in [1.165, 1.54) is 28.6 Å². The quantitative estimate of drug-likeness (QED) is 0.837. The molecule has 0 spiro atoms. The normalized spacial score (nSPS) is 19.7. The van der Waals surface area contributed by atoms with E-state index in [1.54, 1.807) is 7.11 Å². The zero-order chi connectivity index (χ0) is 18.0. The molecule has 2 aromatic rings. The van der Waals surface area contributed by atoms with Crippen LogP contribution < -0.4 is 4.74 Å². The molecule has 0 N–H and O–H groups in total. The number of likely N-dealkylation sites (N-methyl/N-ethyl adjacent to an activating group) is 1. The number of rotatable bonds is 4. The molecule has 1 fully saturated rings. The first-order valence-corrected chi connectivity index (χ1v) is 9.46. The van der Waals surface area contributed by atoms with Crippen molar-refractivity contribution >= 4 is 10.0 Å². The molecule has 1 saturated heterocycles.